The van der Waals surface area contributed by atoms with Crippen LogP contribution in [-0.2, 0) is 4.74 Å². The largest absolute Gasteiger partial charge is 0.378 e. The summed E-state index contributed by atoms with van der Waals surface area (Å²) in [6, 6.07) is 10.1. The molecule has 3 nitrogen and oxygen atoms in total. The van der Waals surface area contributed by atoms with Crippen molar-refractivity contribution in [1.82, 2.24) is 0 Å². The number of aliphatic imine (C=N–C) groups is 1. The van der Waals surface area contributed by atoms with Gasteiger partial charge in [-0.15, -0.1) is 0 Å². The number of anilines is 1. The van der Waals surface area contributed by atoms with Crippen LogP contribution in [0.3, 0.4) is 0 Å². The average molecular weight is 353 g/mol. The first-order chi connectivity index (χ1) is 11.1. The third-order valence-electron chi connectivity index (χ3n) is 3.59. The van der Waals surface area contributed by atoms with E-state index in [1.54, 1.807) is 30.5 Å². The van der Waals surface area contributed by atoms with Crippen molar-refractivity contribution < 1.29 is 9.13 Å². The Kier molecular flexibility index (Phi) is 5.16. The van der Waals surface area contributed by atoms with Gasteiger partial charge in [-0.05, 0) is 35.9 Å². The zero-order valence-electron chi connectivity index (χ0n) is 12.3. The van der Waals surface area contributed by atoms with E-state index in [0.29, 0.717) is 53.3 Å². The predicted molar refractivity (Wildman–Crippen MR) is 93.1 cm³/mol. The van der Waals surface area contributed by atoms with Gasteiger partial charge < -0.3 is 9.64 Å². The van der Waals surface area contributed by atoms with Crippen molar-refractivity contribution in [3.05, 3.63) is 57.8 Å². The molecule has 0 aromatic heterocycles. The van der Waals surface area contributed by atoms with Crippen molar-refractivity contribution in [2.45, 2.75) is 0 Å². The van der Waals surface area contributed by atoms with E-state index in [9.17, 15) is 4.39 Å². The summed E-state index contributed by atoms with van der Waals surface area (Å²) in [5, 5.41) is 1.01. The molecular weight excluding hydrogens is 338 g/mol. The maximum absolute atomic E-state index is 14.3. The topological polar surface area (TPSA) is 24.8 Å². The van der Waals surface area contributed by atoms with E-state index in [-0.39, 0.29) is 5.82 Å². The van der Waals surface area contributed by atoms with E-state index in [1.165, 1.54) is 6.07 Å². The van der Waals surface area contributed by atoms with Gasteiger partial charge in [0.1, 0.15) is 5.82 Å². The second kappa shape index (κ2) is 7.30. The first-order valence-corrected chi connectivity index (χ1v) is 8.00. The Morgan fingerprint density at radius 1 is 1.09 bits per heavy atom. The molecule has 0 atom stereocenters. The maximum Gasteiger partial charge on any atom is 0.147 e. The molecule has 0 spiro atoms. The molecule has 0 bridgehead atoms. The number of ether oxygens (including phenoxy) is 1. The van der Waals surface area contributed by atoms with Gasteiger partial charge in [0.2, 0.25) is 0 Å². The van der Waals surface area contributed by atoms with Gasteiger partial charge >= 0.3 is 0 Å². The zero-order chi connectivity index (χ0) is 16.2. The monoisotopic (exact) mass is 352 g/mol. The lowest BCUT2D eigenvalue weighted by Crippen LogP contribution is -2.36. The molecule has 1 aliphatic rings. The van der Waals surface area contributed by atoms with Crippen LogP contribution in [-0.4, -0.2) is 32.5 Å². The molecule has 120 valence electrons. The molecule has 6 heteroatoms. The molecule has 23 heavy (non-hydrogen) atoms. The molecular formula is C17H15Cl2FN2O. The number of hydrogen-bond donors (Lipinski definition) is 0. The highest BCUT2D eigenvalue weighted by Gasteiger charge is 2.14. The minimum Gasteiger partial charge on any atom is -0.378 e. The van der Waals surface area contributed by atoms with E-state index in [4.69, 9.17) is 27.9 Å². The van der Waals surface area contributed by atoms with Crippen molar-refractivity contribution in [2.24, 2.45) is 4.99 Å². The molecule has 1 aliphatic heterocycles. The van der Waals surface area contributed by atoms with Crippen LogP contribution in [0.25, 0.3) is 0 Å². The summed E-state index contributed by atoms with van der Waals surface area (Å²) >= 11 is 11.9. The van der Waals surface area contributed by atoms with Gasteiger partial charge in [0.25, 0.3) is 0 Å². The van der Waals surface area contributed by atoms with E-state index in [1.807, 2.05) is 11.0 Å². The van der Waals surface area contributed by atoms with Gasteiger partial charge in [0.15, 0.2) is 0 Å². The van der Waals surface area contributed by atoms with Crippen LogP contribution in [0.15, 0.2) is 41.4 Å². The zero-order valence-corrected chi connectivity index (χ0v) is 13.8. The van der Waals surface area contributed by atoms with Gasteiger partial charge in [-0.1, -0.05) is 29.3 Å². The van der Waals surface area contributed by atoms with Crippen molar-refractivity contribution in [1.29, 1.82) is 0 Å². The fourth-order valence-electron chi connectivity index (χ4n) is 2.39. The Bertz CT molecular complexity index is 731. The summed E-state index contributed by atoms with van der Waals surface area (Å²) in [6.07, 6.45) is 1.58. The Morgan fingerprint density at radius 2 is 1.87 bits per heavy atom. The first kappa shape index (κ1) is 16.2. The van der Waals surface area contributed by atoms with Crippen LogP contribution in [0.1, 0.15) is 5.56 Å². The molecule has 3 rings (SSSR count). The number of hydrogen-bond acceptors (Lipinski definition) is 3. The minimum atomic E-state index is -0.266. The Morgan fingerprint density at radius 3 is 2.57 bits per heavy atom. The quantitative estimate of drug-likeness (QED) is 0.746. The number of rotatable bonds is 3. The smallest absolute Gasteiger partial charge is 0.147 e. The Hall–Kier alpha value is -1.62. The fourth-order valence-corrected chi connectivity index (χ4v) is 2.85. The second-order valence-corrected chi connectivity index (χ2v) is 6.01. The van der Waals surface area contributed by atoms with Crippen LogP contribution >= 0.6 is 23.2 Å². The molecule has 0 N–H and O–H groups in total. The van der Waals surface area contributed by atoms with Crippen molar-refractivity contribution in [3.8, 4) is 0 Å². The third kappa shape index (κ3) is 4.02. The van der Waals surface area contributed by atoms with Crippen LogP contribution < -0.4 is 4.90 Å². The molecule has 0 saturated carbocycles. The fraction of sp³-hybridized carbons (Fsp3) is 0.235. The molecule has 0 radical (unpaired) electrons. The Labute approximate surface area is 144 Å². The maximum atomic E-state index is 14.3. The SMILES string of the molecule is Fc1cc(C=Nc2ccc(Cl)cc2Cl)ccc1N1CCOCC1. The summed E-state index contributed by atoms with van der Waals surface area (Å²) in [5.74, 6) is -0.266. The van der Waals surface area contributed by atoms with E-state index >= 15 is 0 Å². The van der Waals surface area contributed by atoms with Gasteiger partial charge in [-0.2, -0.15) is 0 Å². The molecule has 1 fully saturated rings. The average Bonchev–Trinajstić information content (AvgIpc) is 2.55. The third-order valence-corrected chi connectivity index (χ3v) is 4.12. The second-order valence-electron chi connectivity index (χ2n) is 5.16. The number of halogens is 3. The molecule has 1 saturated heterocycles. The lowest BCUT2D eigenvalue weighted by Gasteiger charge is -2.29. The molecule has 0 aliphatic carbocycles. The van der Waals surface area contributed by atoms with Gasteiger partial charge in [-0.25, -0.2) is 4.39 Å². The van der Waals surface area contributed by atoms with E-state index in [0.717, 1.165) is 0 Å². The Balaban J connectivity index is 1.78. The van der Waals surface area contributed by atoms with Crippen LogP contribution in [0, 0.1) is 5.82 Å². The highest BCUT2D eigenvalue weighted by molar-refractivity contribution is 6.36. The lowest BCUT2D eigenvalue weighted by molar-refractivity contribution is 0.122. The van der Waals surface area contributed by atoms with Crippen molar-refractivity contribution in [3.63, 3.8) is 0 Å². The van der Waals surface area contributed by atoms with Crippen LogP contribution in [0.4, 0.5) is 15.8 Å². The summed E-state index contributed by atoms with van der Waals surface area (Å²) < 4.78 is 19.6. The number of benzene rings is 2. The lowest BCUT2D eigenvalue weighted by atomic mass is 10.2. The van der Waals surface area contributed by atoms with Crippen molar-refractivity contribution >= 4 is 40.8 Å². The van der Waals surface area contributed by atoms with Crippen molar-refractivity contribution in [2.75, 3.05) is 31.2 Å². The molecule has 2 aromatic carbocycles. The highest BCUT2D eigenvalue weighted by atomic mass is 35.5. The van der Waals surface area contributed by atoms with E-state index < -0.39 is 0 Å². The molecule has 0 unspecified atom stereocenters. The summed E-state index contributed by atoms with van der Waals surface area (Å²) in [6.45, 7) is 2.64. The normalized spacial score (nSPS) is 15.3. The summed E-state index contributed by atoms with van der Waals surface area (Å²) in [4.78, 5) is 6.27. The first-order valence-electron chi connectivity index (χ1n) is 7.25. The van der Waals surface area contributed by atoms with E-state index in [2.05, 4.69) is 4.99 Å². The van der Waals surface area contributed by atoms with Crippen LogP contribution in [0.2, 0.25) is 10.0 Å². The minimum absolute atomic E-state index is 0.266. The van der Waals surface area contributed by atoms with Gasteiger partial charge in [0.05, 0.1) is 29.6 Å². The molecule has 2 aromatic rings. The number of morpholine rings is 1. The molecule has 0 amide bonds. The van der Waals surface area contributed by atoms with Gasteiger partial charge in [0, 0.05) is 24.3 Å². The highest BCUT2D eigenvalue weighted by Crippen LogP contribution is 2.28. The van der Waals surface area contributed by atoms with Crippen LogP contribution in [0.5, 0.6) is 0 Å². The summed E-state index contributed by atoms with van der Waals surface area (Å²) in [5.41, 5.74) is 1.86. The molecule has 1 heterocycles. The standard InChI is InChI=1S/C17H15Cl2FN2O/c18-13-2-3-16(14(19)10-13)21-11-12-1-4-17(15(20)9-12)22-5-7-23-8-6-22/h1-4,9-11H,5-8H2. The summed E-state index contributed by atoms with van der Waals surface area (Å²) in [7, 11) is 0. The predicted octanol–water partition coefficient (Wildman–Crippen LogP) is 4.72. The number of nitrogens with zero attached hydrogens (tertiary/aromatic N) is 2. The van der Waals surface area contributed by atoms with Gasteiger partial charge in [-0.3, -0.25) is 4.99 Å².